The Morgan fingerprint density at radius 1 is 0.900 bits per heavy atom. The van der Waals surface area contributed by atoms with E-state index in [0.29, 0.717) is 35.4 Å². The molecule has 30 heavy (non-hydrogen) atoms. The Morgan fingerprint density at radius 3 is 1.77 bits per heavy atom. The number of hydrogen-bond acceptors (Lipinski definition) is 6. The first-order chi connectivity index (χ1) is 14.4. The average Bonchev–Trinajstić information content (AvgIpc) is 2.72. The molecule has 0 bridgehead atoms. The number of non-ortho nitro benzene ring substituents is 2. The van der Waals surface area contributed by atoms with Gasteiger partial charge in [-0.15, -0.1) is 0 Å². The highest BCUT2D eigenvalue weighted by Gasteiger charge is 2.26. The molecule has 2 aromatic rings. The van der Waals surface area contributed by atoms with Gasteiger partial charge < -0.3 is 0 Å². The van der Waals surface area contributed by atoms with Gasteiger partial charge in [0.2, 0.25) is 0 Å². The van der Waals surface area contributed by atoms with Crippen LogP contribution in [-0.4, -0.2) is 40.2 Å². The minimum atomic E-state index is -0.471. The fourth-order valence-electron chi connectivity index (χ4n) is 3.44. The van der Waals surface area contributed by atoms with E-state index in [2.05, 4.69) is 4.90 Å². The number of likely N-dealkylation sites (tertiary alicyclic amines) is 1. The molecule has 1 saturated heterocycles. The lowest BCUT2D eigenvalue weighted by molar-refractivity contribution is -0.385. The van der Waals surface area contributed by atoms with Crippen molar-refractivity contribution in [1.82, 2.24) is 4.90 Å². The van der Waals surface area contributed by atoms with Crippen molar-refractivity contribution < 1.29 is 14.6 Å². The molecule has 0 amide bonds. The Bertz CT molecular complexity index is 979. The van der Waals surface area contributed by atoms with Crippen LogP contribution in [0.2, 0.25) is 0 Å². The first-order valence-corrected chi connectivity index (χ1v) is 9.54. The van der Waals surface area contributed by atoms with Crippen LogP contribution in [0, 0.1) is 20.2 Å². The van der Waals surface area contributed by atoms with Crippen molar-refractivity contribution in [1.29, 1.82) is 0 Å². The third-order valence-electron chi connectivity index (χ3n) is 4.75. The summed E-state index contributed by atoms with van der Waals surface area (Å²) in [6.07, 6.45) is 4.26. The maximum atomic E-state index is 13.1. The summed E-state index contributed by atoms with van der Waals surface area (Å²) in [5.41, 5.74) is 2.16. The predicted octanol–water partition coefficient (Wildman–Crippen LogP) is 4.26. The zero-order chi connectivity index (χ0) is 21.7. The summed E-state index contributed by atoms with van der Waals surface area (Å²) in [6, 6.07) is 12.3. The number of carbonyl (C=O) groups is 1. The first kappa shape index (κ1) is 21.1. The fourth-order valence-corrected chi connectivity index (χ4v) is 3.44. The number of Topliss-reactive ketones (excluding diaryl/α,β-unsaturated/α-hetero) is 1. The Morgan fingerprint density at radius 2 is 1.37 bits per heavy atom. The summed E-state index contributed by atoms with van der Waals surface area (Å²) in [5, 5.41) is 22.1. The van der Waals surface area contributed by atoms with Crippen LogP contribution in [0.1, 0.15) is 24.5 Å². The van der Waals surface area contributed by atoms with Crippen LogP contribution < -0.4 is 0 Å². The molecule has 1 aliphatic heterocycles. The summed E-state index contributed by atoms with van der Waals surface area (Å²) >= 11 is 0. The summed E-state index contributed by atoms with van der Waals surface area (Å²) in [6.45, 7) is 3.72. The van der Waals surface area contributed by atoms with Crippen LogP contribution in [0.25, 0.3) is 12.2 Å². The van der Waals surface area contributed by atoms with Gasteiger partial charge in [0.25, 0.3) is 11.4 Å². The SMILES string of the molecule is CCCN1CC(=Cc2cccc([N+](=O)[O-])c2)C(=O)C(=Cc2cccc([N+](=O)[O-])c2)C1. The lowest BCUT2D eigenvalue weighted by Gasteiger charge is -2.29. The first-order valence-electron chi connectivity index (χ1n) is 9.54. The summed E-state index contributed by atoms with van der Waals surface area (Å²) in [4.78, 5) is 36.3. The van der Waals surface area contributed by atoms with Gasteiger partial charge in [-0.05, 0) is 36.2 Å². The molecule has 0 atom stereocenters. The Kier molecular flexibility index (Phi) is 6.48. The highest BCUT2D eigenvalue weighted by atomic mass is 16.6. The molecule has 0 unspecified atom stereocenters. The Balaban J connectivity index is 1.98. The van der Waals surface area contributed by atoms with Gasteiger partial charge in [-0.25, -0.2) is 0 Å². The van der Waals surface area contributed by atoms with Crippen molar-refractivity contribution in [3.05, 3.63) is 91.0 Å². The second-order valence-electron chi connectivity index (χ2n) is 7.08. The van der Waals surface area contributed by atoms with Gasteiger partial charge in [0.1, 0.15) is 0 Å². The van der Waals surface area contributed by atoms with E-state index in [9.17, 15) is 25.0 Å². The standard InChI is InChI=1S/C22H21N3O5/c1-2-9-23-14-18(10-16-5-3-7-20(12-16)24(27)28)22(26)19(15-23)11-17-6-4-8-21(13-17)25(29)30/h3-8,10-13H,2,9,14-15H2,1H3. The highest BCUT2D eigenvalue weighted by molar-refractivity contribution is 6.14. The van der Waals surface area contributed by atoms with Gasteiger partial charge in [0.15, 0.2) is 5.78 Å². The van der Waals surface area contributed by atoms with E-state index < -0.39 is 9.85 Å². The molecule has 0 spiro atoms. The maximum Gasteiger partial charge on any atom is 0.270 e. The second-order valence-corrected chi connectivity index (χ2v) is 7.08. The van der Waals surface area contributed by atoms with Crippen LogP contribution in [0.5, 0.6) is 0 Å². The molecule has 0 radical (unpaired) electrons. The normalized spacial score (nSPS) is 17.4. The molecule has 1 heterocycles. The molecule has 1 fully saturated rings. The molecular weight excluding hydrogens is 386 g/mol. The Labute approximate surface area is 173 Å². The Hall–Kier alpha value is -3.65. The van der Waals surface area contributed by atoms with E-state index in [1.807, 2.05) is 6.92 Å². The second kappa shape index (κ2) is 9.23. The predicted molar refractivity (Wildman–Crippen MR) is 114 cm³/mol. The van der Waals surface area contributed by atoms with E-state index >= 15 is 0 Å². The molecule has 0 saturated carbocycles. The van der Waals surface area contributed by atoms with E-state index in [1.165, 1.54) is 24.3 Å². The number of nitro groups is 2. The van der Waals surface area contributed by atoms with Crippen molar-refractivity contribution in [3.8, 4) is 0 Å². The number of rotatable bonds is 6. The van der Waals surface area contributed by atoms with E-state index in [4.69, 9.17) is 0 Å². The summed E-state index contributed by atoms with van der Waals surface area (Å²) in [7, 11) is 0. The van der Waals surface area contributed by atoms with Crippen molar-refractivity contribution in [2.75, 3.05) is 19.6 Å². The average molecular weight is 407 g/mol. The largest absolute Gasteiger partial charge is 0.295 e. The number of carbonyl (C=O) groups excluding carboxylic acids is 1. The molecule has 1 aliphatic rings. The van der Waals surface area contributed by atoms with Gasteiger partial charge >= 0.3 is 0 Å². The van der Waals surface area contributed by atoms with E-state index in [-0.39, 0.29) is 17.2 Å². The molecule has 154 valence electrons. The van der Waals surface area contributed by atoms with E-state index in [0.717, 1.165) is 13.0 Å². The van der Waals surface area contributed by atoms with E-state index in [1.54, 1.807) is 36.4 Å². The van der Waals surface area contributed by atoms with Gasteiger partial charge in [0, 0.05) is 48.5 Å². The third kappa shape index (κ3) is 5.03. The molecule has 8 heteroatoms. The number of hydrogen-bond donors (Lipinski definition) is 0. The molecule has 8 nitrogen and oxygen atoms in total. The number of benzene rings is 2. The van der Waals surface area contributed by atoms with Crippen LogP contribution in [-0.2, 0) is 4.79 Å². The quantitative estimate of drug-likeness (QED) is 0.402. The smallest absolute Gasteiger partial charge is 0.270 e. The number of ketones is 1. The van der Waals surface area contributed by atoms with Gasteiger partial charge in [0.05, 0.1) is 9.85 Å². The number of nitro benzene ring substituents is 2. The van der Waals surface area contributed by atoms with Crippen LogP contribution in [0.3, 0.4) is 0 Å². The highest BCUT2D eigenvalue weighted by Crippen LogP contribution is 2.24. The maximum absolute atomic E-state index is 13.1. The zero-order valence-electron chi connectivity index (χ0n) is 16.5. The zero-order valence-corrected chi connectivity index (χ0v) is 16.5. The summed E-state index contributed by atoms with van der Waals surface area (Å²) < 4.78 is 0. The fraction of sp³-hybridized carbons (Fsp3) is 0.227. The molecule has 0 aliphatic carbocycles. The summed E-state index contributed by atoms with van der Waals surface area (Å²) in [5.74, 6) is -0.152. The van der Waals surface area contributed by atoms with Gasteiger partial charge in [-0.3, -0.25) is 29.9 Å². The number of nitrogens with zero attached hydrogens (tertiary/aromatic N) is 3. The topological polar surface area (TPSA) is 107 Å². The van der Waals surface area contributed by atoms with Gasteiger partial charge in [-0.2, -0.15) is 0 Å². The number of piperidine rings is 1. The molecule has 2 aromatic carbocycles. The molecule has 0 N–H and O–H groups in total. The lowest BCUT2D eigenvalue weighted by Crippen LogP contribution is -2.38. The van der Waals surface area contributed by atoms with Crippen LogP contribution >= 0.6 is 0 Å². The van der Waals surface area contributed by atoms with Crippen molar-refractivity contribution in [2.24, 2.45) is 0 Å². The van der Waals surface area contributed by atoms with Gasteiger partial charge in [-0.1, -0.05) is 31.2 Å². The van der Waals surface area contributed by atoms with Crippen molar-refractivity contribution in [2.45, 2.75) is 13.3 Å². The van der Waals surface area contributed by atoms with Crippen molar-refractivity contribution in [3.63, 3.8) is 0 Å². The molecule has 0 aromatic heterocycles. The third-order valence-corrected chi connectivity index (χ3v) is 4.75. The van der Waals surface area contributed by atoms with Crippen LogP contribution in [0.4, 0.5) is 11.4 Å². The lowest BCUT2D eigenvalue weighted by atomic mass is 9.94. The van der Waals surface area contributed by atoms with Crippen molar-refractivity contribution >= 4 is 29.3 Å². The molecule has 3 rings (SSSR count). The van der Waals surface area contributed by atoms with Crippen LogP contribution in [0.15, 0.2) is 59.7 Å². The minimum Gasteiger partial charge on any atom is -0.295 e. The monoisotopic (exact) mass is 407 g/mol. The minimum absolute atomic E-state index is 0.0367. The molecular formula is C22H21N3O5.